The van der Waals surface area contributed by atoms with Crippen LogP contribution in [0.4, 0.5) is 0 Å². The molecule has 3 N–H and O–H groups in total. The molecule has 0 fully saturated rings. The third kappa shape index (κ3) is 35.6. The first-order valence-corrected chi connectivity index (χ1v) is 27.8. The van der Waals surface area contributed by atoms with Gasteiger partial charge >= 0.3 is 11.9 Å². The van der Waals surface area contributed by atoms with Crippen molar-refractivity contribution in [3.05, 3.63) is 35.9 Å². The zero-order valence-corrected chi connectivity index (χ0v) is 44.7. The smallest absolute Gasteiger partial charge is 0.328 e. The fraction of sp³-hybridized carbons (Fsp3) is 0.807. The molecule has 0 heterocycles. The van der Waals surface area contributed by atoms with Crippen LogP contribution in [0.1, 0.15) is 232 Å². The second-order valence-electron chi connectivity index (χ2n) is 21.0. The lowest BCUT2D eigenvalue weighted by Crippen LogP contribution is -2.57. The molecule has 68 heavy (non-hydrogen) atoms. The number of ether oxygens (including phenoxy) is 2. The van der Waals surface area contributed by atoms with Gasteiger partial charge in [0.1, 0.15) is 18.1 Å². The molecule has 0 aromatic heterocycles. The lowest BCUT2D eigenvalue weighted by molar-refractivity contribution is -0.870. The molecule has 0 aliphatic rings. The molecule has 1 rings (SSSR count). The summed E-state index contributed by atoms with van der Waals surface area (Å²) in [5, 5.41) is 8.71. The first-order valence-electron chi connectivity index (χ1n) is 27.8. The van der Waals surface area contributed by atoms with Crippen LogP contribution in [0.3, 0.4) is 0 Å². The van der Waals surface area contributed by atoms with Crippen molar-refractivity contribution >= 4 is 29.7 Å². The minimum Gasteiger partial charge on any atom is -0.466 e. The Balaban J connectivity index is 2.88. The number of amides is 3. The quantitative estimate of drug-likeness (QED) is 0.0336. The van der Waals surface area contributed by atoms with Gasteiger partial charge in [0.05, 0.1) is 40.9 Å². The van der Waals surface area contributed by atoms with Crippen LogP contribution in [0.5, 0.6) is 0 Å². The highest BCUT2D eigenvalue weighted by Crippen LogP contribution is 2.15. The molecular weight excluding hydrogens is 853 g/mol. The second kappa shape index (κ2) is 41.3. The number of esters is 2. The van der Waals surface area contributed by atoms with Crippen molar-refractivity contribution in [1.82, 2.24) is 16.0 Å². The summed E-state index contributed by atoms with van der Waals surface area (Å²) in [7, 11) is 6.69. The highest BCUT2D eigenvalue weighted by atomic mass is 16.5. The van der Waals surface area contributed by atoms with Crippen molar-refractivity contribution in [1.29, 1.82) is 0 Å². The molecule has 0 spiro atoms. The van der Waals surface area contributed by atoms with Gasteiger partial charge in [0.15, 0.2) is 0 Å². The largest absolute Gasteiger partial charge is 0.466 e. The van der Waals surface area contributed by atoms with E-state index in [1.807, 2.05) is 44.2 Å². The van der Waals surface area contributed by atoms with Gasteiger partial charge in [-0.25, -0.2) is 4.79 Å². The topological polar surface area (TPSA) is 140 Å². The molecule has 11 heteroatoms. The first-order chi connectivity index (χ1) is 32.8. The van der Waals surface area contributed by atoms with Gasteiger partial charge in [-0.15, -0.1) is 0 Å². The van der Waals surface area contributed by atoms with Gasteiger partial charge in [0.2, 0.25) is 17.7 Å². The van der Waals surface area contributed by atoms with E-state index in [1.54, 1.807) is 0 Å². The van der Waals surface area contributed by atoms with Gasteiger partial charge in [-0.1, -0.05) is 206 Å². The van der Waals surface area contributed by atoms with Crippen LogP contribution in [0.25, 0.3) is 0 Å². The van der Waals surface area contributed by atoms with Gasteiger partial charge in [0, 0.05) is 19.3 Å². The fourth-order valence-corrected chi connectivity index (χ4v) is 8.53. The number of hydrogen-bond donors (Lipinski definition) is 3. The van der Waals surface area contributed by atoms with Crippen LogP contribution >= 0.6 is 0 Å². The molecule has 0 bridgehead atoms. The van der Waals surface area contributed by atoms with Crippen LogP contribution in [0, 0.1) is 5.92 Å². The molecule has 0 aliphatic carbocycles. The van der Waals surface area contributed by atoms with E-state index in [-0.39, 0.29) is 37.7 Å². The molecule has 3 amide bonds. The number of nitrogens with zero attached hydrogens (tertiary/aromatic N) is 1. The molecule has 1 aromatic carbocycles. The first kappa shape index (κ1) is 62.5. The lowest BCUT2D eigenvalue weighted by Gasteiger charge is -2.26. The predicted octanol–water partition coefficient (Wildman–Crippen LogP) is 12.3. The molecular formula is C57H103N4O7+. The van der Waals surface area contributed by atoms with Gasteiger partial charge in [-0.2, -0.15) is 0 Å². The van der Waals surface area contributed by atoms with Crippen LogP contribution in [-0.2, 0) is 39.9 Å². The molecule has 0 aliphatic heterocycles. The number of benzene rings is 1. The average molecular weight is 956 g/mol. The minimum absolute atomic E-state index is 0.00697. The Labute approximate surface area is 416 Å². The number of rotatable bonds is 45. The molecule has 0 saturated carbocycles. The highest BCUT2D eigenvalue weighted by Gasteiger charge is 2.32. The van der Waals surface area contributed by atoms with Crippen molar-refractivity contribution in [3.63, 3.8) is 0 Å². The second-order valence-corrected chi connectivity index (χ2v) is 21.0. The Morgan fingerprint density at radius 1 is 0.500 bits per heavy atom. The molecule has 1 aromatic rings. The Morgan fingerprint density at radius 2 is 0.941 bits per heavy atom. The van der Waals surface area contributed by atoms with Gasteiger partial charge < -0.3 is 29.9 Å². The number of carbonyl (C=O) groups is 5. The van der Waals surface area contributed by atoms with Crippen LogP contribution in [0.15, 0.2) is 30.3 Å². The van der Waals surface area contributed by atoms with E-state index in [2.05, 4.69) is 50.9 Å². The van der Waals surface area contributed by atoms with Crippen molar-refractivity contribution in [2.24, 2.45) is 5.92 Å². The van der Waals surface area contributed by atoms with Gasteiger partial charge in [0.25, 0.3) is 0 Å². The number of quaternary nitrogens is 1. The lowest BCUT2D eigenvalue weighted by atomic mass is 10.00. The van der Waals surface area contributed by atoms with E-state index >= 15 is 0 Å². The summed E-state index contributed by atoms with van der Waals surface area (Å²) in [6.07, 6.45) is 32.7. The zero-order valence-electron chi connectivity index (χ0n) is 44.7. The summed E-state index contributed by atoms with van der Waals surface area (Å²) in [6.45, 7) is 9.94. The van der Waals surface area contributed by atoms with Crippen molar-refractivity contribution in [2.75, 3.05) is 40.9 Å². The third-order valence-electron chi connectivity index (χ3n) is 12.9. The monoisotopic (exact) mass is 956 g/mol. The maximum atomic E-state index is 14.2. The Hall–Kier alpha value is -3.47. The summed E-state index contributed by atoms with van der Waals surface area (Å²) in [6, 6.07) is 6.35. The normalized spacial score (nSPS) is 12.9. The van der Waals surface area contributed by atoms with Crippen LogP contribution in [-0.4, -0.2) is 93.2 Å². The molecule has 11 nitrogen and oxygen atoms in total. The minimum atomic E-state index is -1.11. The van der Waals surface area contributed by atoms with E-state index in [0.29, 0.717) is 13.0 Å². The van der Waals surface area contributed by atoms with Crippen molar-refractivity contribution < 1.29 is 37.9 Å². The molecule has 0 radical (unpaired) electrons. The van der Waals surface area contributed by atoms with E-state index in [0.717, 1.165) is 80.7 Å². The highest BCUT2D eigenvalue weighted by molar-refractivity contribution is 5.94. The van der Waals surface area contributed by atoms with Gasteiger partial charge in [-0.05, 0) is 50.0 Å². The van der Waals surface area contributed by atoms with E-state index in [4.69, 9.17) is 9.47 Å². The van der Waals surface area contributed by atoms with Crippen molar-refractivity contribution in [2.45, 2.75) is 251 Å². The summed E-state index contributed by atoms with van der Waals surface area (Å²) >= 11 is 0. The van der Waals surface area contributed by atoms with E-state index < -0.39 is 41.9 Å². The van der Waals surface area contributed by atoms with Crippen molar-refractivity contribution in [3.8, 4) is 0 Å². The molecule has 0 unspecified atom stereocenters. The molecule has 0 saturated heterocycles. The van der Waals surface area contributed by atoms with Crippen LogP contribution < -0.4 is 16.0 Å². The van der Waals surface area contributed by atoms with Gasteiger partial charge in [-0.3, -0.25) is 19.2 Å². The molecule has 3 atom stereocenters. The Morgan fingerprint density at radius 3 is 1.43 bits per heavy atom. The van der Waals surface area contributed by atoms with E-state index in [9.17, 15) is 24.0 Å². The summed E-state index contributed by atoms with van der Waals surface area (Å²) in [4.78, 5) is 67.9. The maximum Gasteiger partial charge on any atom is 0.328 e. The SMILES string of the molecule is CCCCCCCCCCCCOC(=O)CC[C@H](NC(=O)[C@H](Cc1ccccc1)NC(=O)[C@@H](NC(=O)CCCCCCCCCC[N+](C)(C)C)C(C)C)C(=O)OCCCCCCCCCCCC. The predicted molar refractivity (Wildman–Crippen MR) is 280 cm³/mol. The Bertz CT molecular complexity index is 1430. The number of hydrogen-bond acceptors (Lipinski definition) is 7. The van der Waals surface area contributed by atoms with E-state index in [1.165, 1.54) is 116 Å². The fourth-order valence-electron chi connectivity index (χ4n) is 8.53. The Kier molecular flexibility index (Phi) is 38.0. The number of nitrogens with one attached hydrogen (secondary N) is 3. The zero-order chi connectivity index (χ0) is 50.1. The summed E-state index contributed by atoms with van der Waals surface area (Å²) < 4.78 is 12.3. The number of carbonyl (C=O) groups excluding carboxylic acids is 5. The number of unbranched alkanes of at least 4 members (excludes halogenated alkanes) is 25. The standard InChI is InChI=1S/C57H102N4O7/c1-8-10-12-14-16-18-22-26-30-37-45-67-53(63)43-42-50(57(66)68-46-38-31-27-23-19-17-15-13-11-9-2)58-55(64)51(47-49-39-33-32-34-40-49)59-56(65)54(48(3)4)60-52(62)41-35-28-24-20-21-25-29-36-44-61(5,6)7/h32-34,39-40,48,50-51,54H,8-31,35-38,41-47H2,1-7H3,(H2-,58,59,60,62,64,65)/p+1/t50-,51-,54-/m0/s1. The van der Waals surface area contributed by atoms with Crippen LogP contribution in [0.2, 0.25) is 0 Å². The average Bonchev–Trinajstić information content (AvgIpc) is 3.30. The summed E-state index contributed by atoms with van der Waals surface area (Å²) in [5.74, 6) is -2.49. The third-order valence-corrected chi connectivity index (χ3v) is 12.9. The summed E-state index contributed by atoms with van der Waals surface area (Å²) in [5.41, 5.74) is 0.817. The maximum absolute atomic E-state index is 14.2. The molecule has 392 valence electrons.